The molecule has 2 saturated heterocycles. The Labute approximate surface area is 104 Å². The third-order valence-corrected chi connectivity index (χ3v) is 2.73. The maximum absolute atomic E-state index is 12.1. The lowest BCUT2D eigenvalue weighted by Crippen LogP contribution is -2.48. The summed E-state index contributed by atoms with van der Waals surface area (Å²) in [5.74, 6) is -0.379. The standard InChI is InChI=1S/C10H12N2O4S/c1-2-3-6-7(11-9(17)16-6)8(13)12-4-5-15-10(12)14/h2-3,6-7H,4-5H2,1H3,(H,11,17)/b3-2+/t6-,7+/m1/s1. The second kappa shape index (κ2) is 4.70. The highest BCUT2D eigenvalue weighted by Crippen LogP contribution is 2.15. The highest BCUT2D eigenvalue weighted by molar-refractivity contribution is 7.80. The third kappa shape index (κ3) is 2.23. The number of cyclic esters (lactones) is 1. The van der Waals surface area contributed by atoms with Crippen molar-refractivity contribution in [1.29, 1.82) is 0 Å². The topological polar surface area (TPSA) is 67.9 Å². The normalized spacial score (nSPS) is 28.2. The number of thiocarbonyl (C=S) groups is 1. The molecule has 0 unspecified atom stereocenters. The Balaban J connectivity index is 2.12. The van der Waals surface area contributed by atoms with Crippen LogP contribution in [0.4, 0.5) is 4.79 Å². The molecule has 0 bridgehead atoms. The molecule has 2 fully saturated rings. The van der Waals surface area contributed by atoms with Gasteiger partial charge >= 0.3 is 6.09 Å². The SMILES string of the molecule is C/C=C/[C@H]1OC(=S)N[C@@H]1C(=O)N1CCOC1=O. The zero-order chi connectivity index (χ0) is 12.4. The molecule has 0 radical (unpaired) electrons. The van der Waals surface area contributed by atoms with Gasteiger partial charge in [0.1, 0.15) is 12.7 Å². The molecule has 92 valence electrons. The summed E-state index contributed by atoms with van der Waals surface area (Å²) < 4.78 is 9.98. The largest absolute Gasteiger partial charge is 0.461 e. The van der Waals surface area contributed by atoms with Crippen LogP contribution in [0.2, 0.25) is 0 Å². The molecule has 0 aliphatic carbocycles. The highest BCUT2D eigenvalue weighted by Gasteiger charge is 2.41. The van der Waals surface area contributed by atoms with Gasteiger partial charge in [0.05, 0.1) is 6.54 Å². The van der Waals surface area contributed by atoms with Crippen LogP contribution in [0.3, 0.4) is 0 Å². The molecule has 0 aromatic carbocycles. The van der Waals surface area contributed by atoms with E-state index in [1.54, 1.807) is 12.2 Å². The second-order valence-electron chi connectivity index (χ2n) is 3.62. The predicted molar refractivity (Wildman–Crippen MR) is 62.3 cm³/mol. The van der Waals surface area contributed by atoms with Gasteiger partial charge < -0.3 is 14.8 Å². The fourth-order valence-corrected chi connectivity index (χ4v) is 1.98. The molecular formula is C10H12N2O4S. The van der Waals surface area contributed by atoms with Crippen LogP contribution in [0.5, 0.6) is 0 Å². The van der Waals surface area contributed by atoms with Crippen LogP contribution in [0.25, 0.3) is 0 Å². The van der Waals surface area contributed by atoms with Gasteiger partial charge in [-0.15, -0.1) is 0 Å². The summed E-state index contributed by atoms with van der Waals surface area (Å²) in [6.45, 7) is 2.32. The van der Waals surface area contributed by atoms with Gasteiger partial charge in [0, 0.05) is 0 Å². The van der Waals surface area contributed by atoms with Crippen molar-refractivity contribution in [1.82, 2.24) is 10.2 Å². The quantitative estimate of drug-likeness (QED) is 0.561. The first-order valence-electron chi connectivity index (χ1n) is 5.21. The minimum atomic E-state index is -0.663. The smallest absolute Gasteiger partial charge is 0.416 e. The summed E-state index contributed by atoms with van der Waals surface area (Å²) in [5.41, 5.74) is 0. The Morgan fingerprint density at radius 1 is 1.65 bits per heavy atom. The summed E-state index contributed by atoms with van der Waals surface area (Å²) in [6, 6.07) is -0.663. The average molecular weight is 256 g/mol. The number of carbonyl (C=O) groups excluding carboxylic acids is 2. The maximum Gasteiger partial charge on any atom is 0.416 e. The second-order valence-corrected chi connectivity index (χ2v) is 3.99. The zero-order valence-electron chi connectivity index (χ0n) is 9.21. The number of nitrogens with one attached hydrogen (secondary N) is 1. The van der Waals surface area contributed by atoms with Crippen LogP contribution in [-0.4, -0.2) is 47.4 Å². The Bertz CT molecular complexity index is 396. The summed E-state index contributed by atoms with van der Waals surface area (Å²) >= 11 is 4.86. The van der Waals surface area contributed by atoms with E-state index in [2.05, 4.69) is 5.32 Å². The Morgan fingerprint density at radius 3 is 3.00 bits per heavy atom. The fourth-order valence-electron chi connectivity index (χ4n) is 1.74. The first-order valence-corrected chi connectivity index (χ1v) is 5.62. The minimum absolute atomic E-state index is 0.166. The van der Waals surface area contributed by atoms with Crippen molar-refractivity contribution in [3.8, 4) is 0 Å². The van der Waals surface area contributed by atoms with Crippen molar-refractivity contribution in [3.05, 3.63) is 12.2 Å². The van der Waals surface area contributed by atoms with Gasteiger partial charge in [0.15, 0.2) is 6.04 Å². The summed E-state index contributed by atoms with van der Waals surface area (Å²) in [5, 5.41) is 2.91. The van der Waals surface area contributed by atoms with Gasteiger partial charge in [-0.1, -0.05) is 6.08 Å². The van der Waals surface area contributed by atoms with E-state index in [1.807, 2.05) is 6.92 Å². The van der Waals surface area contributed by atoms with E-state index < -0.39 is 18.2 Å². The number of amides is 2. The van der Waals surface area contributed by atoms with Gasteiger partial charge in [-0.2, -0.15) is 0 Å². The van der Waals surface area contributed by atoms with E-state index in [4.69, 9.17) is 21.7 Å². The molecule has 2 rings (SSSR count). The lowest BCUT2D eigenvalue weighted by Gasteiger charge is -2.17. The Hall–Kier alpha value is -1.63. The van der Waals surface area contributed by atoms with Crippen LogP contribution in [0.15, 0.2) is 12.2 Å². The van der Waals surface area contributed by atoms with Crippen molar-refractivity contribution >= 4 is 29.4 Å². The maximum atomic E-state index is 12.1. The van der Waals surface area contributed by atoms with Crippen LogP contribution in [0, 0.1) is 0 Å². The third-order valence-electron chi connectivity index (χ3n) is 2.52. The monoisotopic (exact) mass is 256 g/mol. The number of hydrogen-bond acceptors (Lipinski definition) is 5. The van der Waals surface area contributed by atoms with E-state index in [0.29, 0.717) is 0 Å². The van der Waals surface area contributed by atoms with Gasteiger partial charge in [-0.25, -0.2) is 9.69 Å². The fraction of sp³-hybridized carbons (Fsp3) is 0.500. The lowest BCUT2D eigenvalue weighted by molar-refractivity contribution is -0.130. The highest BCUT2D eigenvalue weighted by atomic mass is 32.1. The molecule has 1 N–H and O–H groups in total. The molecule has 2 amide bonds. The van der Waals surface area contributed by atoms with Crippen molar-refractivity contribution in [2.45, 2.75) is 19.1 Å². The minimum Gasteiger partial charge on any atom is -0.461 e. The van der Waals surface area contributed by atoms with Crippen LogP contribution in [0.1, 0.15) is 6.92 Å². The average Bonchev–Trinajstić information content (AvgIpc) is 2.85. The lowest BCUT2D eigenvalue weighted by atomic mass is 10.1. The molecule has 0 aromatic heterocycles. The molecular weight excluding hydrogens is 244 g/mol. The molecule has 0 saturated carbocycles. The van der Waals surface area contributed by atoms with Gasteiger partial charge in [-0.05, 0) is 25.2 Å². The van der Waals surface area contributed by atoms with E-state index in [1.165, 1.54) is 0 Å². The molecule has 2 atom stereocenters. The molecule has 7 heteroatoms. The predicted octanol–water partition coefficient (Wildman–Crippen LogP) is 0.183. The molecule has 0 spiro atoms. The van der Waals surface area contributed by atoms with Crippen LogP contribution in [-0.2, 0) is 14.3 Å². The summed E-state index contributed by atoms with van der Waals surface area (Å²) in [4.78, 5) is 24.4. The Morgan fingerprint density at radius 2 is 2.41 bits per heavy atom. The zero-order valence-corrected chi connectivity index (χ0v) is 10.0. The van der Waals surface area contributed by atoms with Gasteiger partial charge in [0.2, 0.25) is 0 Å². The van der Waals surface area contributed by atoms with Crippen molar-refractivity contribution < 1.29 is 19.1 Å². The number of nitrogens with zero attached hydrogens (tertiary/aromatic N) is 1. The van der Waals surface area contributed by atoms with Crippen molar-refractivity contribution in [2.75, 3.05) is 13.2 Å². The number of imide groups is 1. The first-order chi connectivity index (χ1) is 8.13. The molecule has 17 heavy (non-hydrogen) atoms. The molecule has 0 aromatic rings. The van der Waals surface area contributed by atoms with Crippen molar-refractivity contribution in [2.24, 2.45) is 0 Å². The number of hydrogen-bond donors (Lipinski definition) is 1. The van der Waals surface area contributed by atoms with Crippen LogP contribution < -0.4 is 5.32 Å². The van der Waals surface area contributed by atoms with Crippen LogP contribution >= 0.6 is 12.2 Å². The number of rotatable bonds is 2. The first kappa shape index (κ1) is 11.8. The molecule has 6 nitrogen and oxygen atoms in total. The molecule has 2 heterocycles. The van der Waals surface area contributed by atoms with E-state index >= 15 is 0 Å². The molecule has 2 aliphatic rings. The molecule has 2 aliphatic heterocycles. The summed E-state index contributed by atoms with van der Waals surface area (Å²) in [6.07, 6.45) is 2.39. The number of carbonyl (C=O) groups is 2. The van der Waals surface area contributed by atoms with Gasteiger partial charge in [-0.3, -0.25) is 4.79 Å². The summed E-state index contributed by atoms with van der Waals surface area (Å²) in [7, 11) is 0. The van der Waals surface area contributed by atoms with E-state index in [-0.39, 0.29) is 24.2 Å². The number of ether oxygens (including phenoxy) is 2. The number of allylic oxidation sites excluding steroid dienone is 1. The van der Waals surface area contributed by atoms with Gasteiger partial charge in [0.25, 0.3) is 11.1 Å². The van der Waals surface area contributed by atoms with E-state index in [9.17, 15) is 9.59 Å². The Kier molecular flexibility index (Phi) is 3.28. The van der Waals surface area contributed by atoms with Crippen molar-refractivity contribution in [3.63, 3.8) is 0 Å². The van der Waals surface area contributed by atoms with E-state index in [0.717, 1.165) is 4.90 Å².